The Morgan fingerprint density at radius 2 is 2.00 bits per heavy atom. The van der Waals surface area contributed by atoms with Gasteiger partial charge in [-0.3, -0.25) is 4.79 Å². The number of hydrogen-bond donors (Lipinski definition) is 1. The van der Waals surface area contributed by atoms with Gasteiger partial charge in [-0.25, -0.2) is 4.79 Å². The van der Waals surface area contributed by atoms with E-state index in [1.165, 1.54) is 18.2 Å². The summed E-state index contributed by atoms with van der Waals surface area (Å²) in [6.07, 6.45) is 1.25. The smallest absolute Gasteiger partial charge is 0.340 e. The minimum Gasteiger partial charge on any atom is -0.478 e. The van der Waals surface area contributed by atoms with Gasteiger partial charge in [-0.05, 0) is 0 Å². The predicted molar refractivity (Wildman–Crippen MR) is 46.3 cm³/mol. The van der Waals surface area contributed by atoms with Crippen molar-refractivity contribution in [2.24, 2.45) is 0 Å². The minimum absolute atomic E-state index is 0.216. The van der Waals surface area contributed by atoms with Crippen LogP contribution in [0, 0.1) is 0 Å². The summed E-state index contributed by atoms with van der Waals surface area (Å²) in [5.74, 6) is -1.78. The number of ether oxygens (including phenoxy) is 1. The summed E-state index contributed by atoms with van der Waals surface area (Å²) in [6.45, 7) is -0.216. The first-order chi connectivity index (χ1) is 5.99. The second-order valence-electron chi connectivity index (χ2n) is 2.67. The van der Waals surface area contributed by atoms with Crippen molar-refractivity contribution in [3.63, 3.8) is 0 Å². The highest BCUT2D eigenvalue weighted by Gasteiger charge is 2.16. The molecule has 0 fully saturated rings. The van der Waals surface area contributed by atoms with E-state index in [0.717, 1.165) is 0 Å². The number of hydrogen-bond acceptors (Lipinski definition) is 4. The number of methoxy groups -OCH3 is 1. The molecule has 5 heteroatoms. The lowest BCUT2D eigenvalue weighted by Crippen LogP contribution is -2.19. The molecule has 0 amide bonds. The van der Waals surface area contributed by atoms with Crippen LogP contribution in [0.15, 0.2) is 11.8 Å². The summed E-state index contributed by atoms with van der Waals surface area (Å²) in [7, 11) is 4.62. The van der Waals surface area contributed by atoms with Crippen LogP contribution in [0.4, 0.5) is 0 Å². The lowest BCUT2D eigenvalue weighted by molar-refractivity contribution is -0.135. The number of ketones is 1. The SMILES string of the molecule is COCC(=O)/C(=C/N(C)C)C(=O)O. The zero-order chi connectivity index (χ0) is 10.4. The first-order valence-electron chi connectivity index (χ1n) is 3.62. The van der Waals surface area contributed by atoms with Gasteiger partial charge >= 0.3 is 5.97 Å². The fraction of sp³-hybridized carbons (Fsp3) is 0.500. The molecule has 0 atom stereocenters. The Hall–Kier alpha value is -1.36. The number of carboxylic acid groups (broad SMARTS) is 1. The van der Waals surface area contributed by atoms with Gasteiger partial charge in [0.15, 0.2) is 5.78 Å². The standard InChI is InChI=1S/C8H13NO4/c1-9(2)4-6(8(11)12)7(10)5-13-3/h4H,5H2,1-3H3,(H,11,12)/b6-4-. The third-order valence-corrected chi connectivity index (χ3v) is 1.19. The Bertz CT molecular complexity index is 232. The molecule has 13 heavy (non-hydrogen) atoms. The highest BCUT2D eigenvalue weighted by molar-refractivity contribution is 6.17. The maximum Gasteiger partial charge on any atom is 0.340 e. The molecule has 1 N–H and O–H groups in total. The molecule has 5 nitrogen and oxygen atoms in total. The van der Waals surface area contributed by atoms with Crippen LogP contribution in [-0.4, -0.2) is 49.6 Å². The number of nitrogens with zero attached hydrogens (tertiary/aromatic N) is 1. The number of carbonyl (C=O) groups is 2. The second-order valence-corrected chi connectivity index (χ2v) is 2.67. The van der Waals surface area contributed by atoms with Crippen LogP contribution in [0.5, 0.6) is 0 Å². The van der Waals surface area contributed by atoms with Gasteiger partial charge in [0.05, 0.1) is 0 Å². The van der Waals surface area contributed by atoms with E-state index in [1.54, 1.807) is 14.1 Å². The van der Waals surface area contributed by atoms with Crippen LogP contribution in [-0.2, 0) is 14.3 Å². The number of rotatable bonds is 5. The molecule has 0 aromatic heterocycles. The second kappa shape index (κ2) is 5.31. The molecule has 0 saturated carbocycles. The van der Waals surface area contributed by atoms with Crippen molar-refractivity contribution >= 4 is 11.8 Å². The Morgan fingerprint density at radius 1 is 1.46 bits per heavy atom. The van der Waals surface area contributed by atoms with E-state index in [-0.39, 0.29) is 12.2 Å². The van der Waals surface area contributed by atoms with Crippen LogP contribution >= 0.6 is 0 Å². The van der Waals surface area contributed by atoms with E-state index in [2.05, 4.69) is 4.74 Å². The molecular formula is C8H13NO4. The van der Waals surface area contributed by atoms with Crippen molar-refractivity contribution in [1.82, 2.24) is 4.90 Å². The van der Waals surface area contributed by atoms with Crippen LogP contribution < -0.4 is 0 Å². The van der Waals surface area contributed by atoms with Crippen molar-refractivity contribution in [2.75, 3.05) is 27.8 Å². The molecule has 0 unspecified atom stereocenters. The summed E-state index contributed by atoms with van der Waals surface area (Å²) in [4.78, 5) is 23.2. The number of carbonyl (C=O) groups excluding carboxylic acids is 1. The van der Waals surface area contributed by atoms with Crippen molar-refractivity contribution in [1.29, 1.82) is 0 Å². The monoisotopic (exact) mass is 187 g/mol. The van der Waals surface area contributed by atoms with Gasteiger partial charge in [0.1, 0.15) is 12.2 Å². The molecule has 74 valence electrons. The highest BCUT2D eigenvalue weighted by atomic mass is 16.5. The minimum atomic E-state index is -1.24. The van der Waals surface area contributed by atoms with Crippen molar-refractivity contribution in [3.8, 4) is 0 Å². The van der Waals surface area contributed by atoms with Gasteiger partial charge in [0.2, 0.25) is 0 Å². The molecule has 0 bridgehead atoms. The van der Waals surface area contributed by atoms with Crippen molar-refractivity contribution in [2.45, 2.75) is 0 Å². The Balaban J connectivity index is 4.61. The summed E-state index contributed by atoms with van der Waals surface area (Å²) in [5.41, 5.74) is -0.271. The highest BCUT2D eigenvalue weighted by Crippen LogP contribution is 1.98. The number of carboxylic acids is 1. The lowest BCUT2D eigenvalue weighted by atomic mass is 10.2. The molecule has 0 radical (unpaired) electrons. The fourth-order valence-corrected chi connectivity index (χ4v) is 0.714. The maximum atomic E-state index is 11.1. The van der Waals surface area contributed by atoms with Crippen molar-refractivity contribution < 1.29 is 19.4 Å². The summed E-state index contributed by atoms with van der Waals surface area (Å²) < 4.78 is 4.54. The van der Waals surface area contributed by atoms with Crippen LogP contribution in [0.2, 0.25) is 0 Å². The molecule has 0 rings (SSSR count). The van der Waals surface area contributed by atoms with Gasteiger partial charge < -0.3 is 14.7 Å². The lowest BCUT2D eigenvalue weighted by Gasteiger charge is -2.07. The molecular weight excluding hydrogens is 174 g/mol. The van der Waals surface area contributed by atoms with Crippen molar-refractivity contribution in [3.05, 3.63) is 11.8 Å². The zero-order valence-corrected chi connectivity index (χ0v) is 7.90. The molecule has 0 spiro atoms. The van der Waals surface area contributed by atoms with Gasteiger partial charge in [-0.1, -0.05) is 0 Å². The van der Waals surface area contributed by atoms with Gasteiger partial charge in [0, 0.05) is 27.4 Å². The summed E-state index contributed by atoms with van der Waals surface area (Å²) in [5, 5.41) is 8.65. The average Bonchev–Trinajstić information content (AvgIpc) is 1.99. The van der Waals surface area contributed by atoms with E-state index in [1.807, 2.05) is 0 Å². The quantitative estimate of drug-likeness (QED) is 0.364. The molecule has 0 aliphatic carbocycles. The van der Waals surface area contributed by atoms with Crippen LogP contribution in [0.3, 0.4) is 0 Å². The molecule has 0 aromatic carbocycles. The number of aliphatic carboxylic acids is 1. The fourth-order valence-electron chi connectivity index (χ4n) is 0.714. The van der Waals surface area contributed by atoms with E-state index in [4.69, 9.17) is 5.11 Å². The Kier molecular flexibility index (Phi) is 4.76. The third kappa shape index (κ3) is 4.27. The normalized spacial score (nSPS) is 11.2. The predicted octanol–water partition coefficient (Wildman–Crippen LogP) is -0.268. The van der Waals surface area contributed by atoms with Gasteiger partial charge in [-0.2, -0.15) is 0 Å². The third-order valence-electron chi connectivity index (χ3n) is 1.19. The van der Waals surface area contributed by atoms with E-state index < -0.39 is 11.8 Å². The largest absolute Gasteiger partial charge is 0.478 e. The first kappa shape index (κ1) is 11.6. The van der Waals surface area contributed by atoms with E-state index >= 15 is 0 Å². The molecule has 0 aliphatic rings. The zero-order valence-electron chi connectivity index (χ0n) is 7.90. The van der Waals surface area contributed by atoms with Crippen LogP contribution in [0.25, 0.3) is 0 Å². The van der Waals surface area contributed by atoms with Gasteiger partial charge in [-0.15, -0.1) is 0 Å². The summed E-state index contributed by atoms with van der Waals surface area (Å²) >= 11 is 0. The topological polar surface area (TPSA) is 66.8 Å². The molecule has 0 aromatic rings. The average molecular weight is 187 g/mol. The molecule has 0 aliphatic heterocycles. The molecule has 0 heterocycles. The molecule has 0 saturated heterocycles. The van der Waals surface area contributed by atoms with E-state index in [0.29, 0.717) is 0 Å². The first-order valence-corrected chi connectivity index (χ1v) is 3.62. The summed E-state index contributed by atoms with van der Waals surface area (Å²) in [6, 6.07) is 0. The number of Topliss-reactive ketones (excluding diaryl/α,β-unsaturated/α-hetero) is 1. The maximum absolute atomic E-state index is 11.1. The Morgan fingerprint density at radius 3 is 2.31 bits per heavy atom. The van der Waals surface area contributed by atoms with Crippen LogP contribution in [0.1, 0.15) is 0 Å². The van der Waals surface area contributed by atoms with Gasteiger partial charge in [0.25, 0.3) is 0 Å². The van der Waals surface area contributed by atoms with E-state index in [9.17, 15) is 9.59 Å². The Labute approximate surface area is 76.6 Å².